The zero-order valence-corrected chi connectivity index (χ0v) is 12.3. The molecule has 1 aliphatic rings. The summed E-state index contributed by atoms with van der Waals surface area (Å²) in [6.07, 6.45) is -1.80. The number of hydrogen-bond acceptors (Lipinski definition) is 3. The fourth-order valence-electron chi connectivity index (χ4n) is 2.37. The monoisotopic (exact) mass is 327 g/mol. The number of nitrogens with two attached hydrogens (primary N) is 1. The van der Waals surface area contributed by atoms with Crippen LogP contribution in [0.4, 0.5) is 23.7 Å². The third kappa shape index (κ3) is 2.87. The predicted molar refractivity (Wildman–Crippen MR) is 75.4 cm³/mol. The molecule has 1 unspecified atom stereocenters. The van der Waals surface area contributed by atoms with Crippen LogP contribution in [0, 0.1) is 6.08 Å². The Morgan fingerprint density at radius 3 is 2.30 bits per heavy atom. The van der Waals surface area contributed by atoms with E-state index in [1.165, 1.54) is 6.92 Å². The normalized spacial score (nSPS) is 20.3. The van der Waals surface area contributed by atoms with Crippen molar-refractivity contribution in [3.05, 3.63) is 41.5 Å². The highest BCUT2D eigenvalue weighted by Crippen LogP contribution is 2.34. The maximum absolute atomic E-state index is 12.6. The number of amides is 3. The van der Waals surface area contributed by atoms with Gasteiger partial charge in [-0.25, -0.2) is 20.7 Å². The van der Waals surface area contributed by atoms with Crippen molar-refractivity contribution in [3.8, 4) is 0 Å². The van der Waals surface area contributed by atoms with Crippen LogP contribution in [0.15, 0.2) is 29.8 Å². The van der Waals surface area contributed by atoms with E-state index < -0.39 is 29.7 Å². The van der Waals surface area contributed by atoms with Crippen LogP contribution in [0.1, 0.15) is 19.4 Å². The van der Waals surface area contributed by atoms with Gasteiger partial charge in [-0.05, 0) is 44.2 Å². The molecule has 23 heavy (non-hydrogen) atoms. The Morgan fingerprint density at radius 1 is 1.30 bits per heavy atom. The first-order valence-electron chi connectivity index (χ1n) is 6.58. The van der Waals surface area contributed by atoms with Crippen molar-refractivity contribution in [2.75, 3.05) is 5.01 Å². The summed E-state index contributed by atoms with van der Waals surface area (Å²) in [7, 11) is 0. The van der Waals surface area contributed by atoms with Gasteiger partial charge in [-0.2, -0.15) is 13.2 Å². The van der Waals surface area contributed by atoms with Crippen molar-refractivity contribution in [1.29, 1.82) is 0 Å². The smallest absolute Gasteiger partial charge is 0.274 e. The van der Waals surface area contributed by atoms with Gasteiger partial charge in [0, 0.05) is 5.57 Å². The molecule has 3 N–H and O–H groups in total. The average Bonchev–Trinajstić information content (AvgIpc) is 2.76. The molecule has 1 radical (unpaired) electrons. The van der Waals surface area contributed by atoms with E-state index in [-0.39, 0.29) is 11.3 Å². The van der Waals surface area contributed by atoms with Crippen molar-refractivity contribution in [1.82, 2.24) is 10.4 Å². The van der Waals surface area contributed by atoms with E-state index in [1.807, 2.05) is 5.43 Å². The van der Waals surface area contributed by atoms with Gasteiger partial charge in [-0.15, -0.1) is 0 Å². The second kappa shape index (κ2) is 5.92. The molecule has 1 saturated heterocycles. The first-order chi connectivity index (χ1) is 10.7. The van der Waals surface area contributed by atoms with Gasteiger partial charge in [0.05, 0.1) is 17.3 Å². The molecule has 1 heterocycles. The third-order valence-electron chi connectivity index (χ3n) is 3.46. The Hall–Kier alpha value is -2.55. The Balaban J connectivity index is 2.46. The summed E-state index contributed by atoms with van der Waals surface area (Å²) in [5, 5.41) is 2.00. The number of allylic oxidation sites excluding steroid dienone is 1. The Morgan fingerprint density at radius 2 is 1.87 bits per heavy atom. The fourth-order valence-corrected chi connectivity index (χ4v) is 2.37. The average molecular weight is 327 g/mol. The zero-order valence-electron chi connectivity index (χ0n) is 12.3. The summed E-state index contributed by atoms with van der Waals surface area (Å²) in [4.78, 5) is 24.3. The lowest BCUT2D eigenvalue weighted by Gasteiger charge is -2.29. The summed E-state index contributed by atoms with van der Waals surface area (Å²) >= 11 is 0. The van der Waals surface area contributed by atoms with E-state index in [9.17, 15) is 22.8 Å². The number of carbonyl (C=O) groups is 2. The minimum atomic E-state index is -4.49. The SMILES string of the molecule is C[C]=C1C(=O)N(c2ccc(C(F)(F)F)cc2)N(C(=O)NN)C1C. The van der Waals surface area contributed by atoms with Crippen LogP contribution in [0.5, 0.6) is 0 Å². The summed E-state index contributed by atoms with van der Waals surface area (Å²) in [6.45, 7) is 3.10. The number of hydrazine groups is 2. The van der Waals surface area contributed by atoms with Crippen LogP contribution in [0.2, 0.25) is 0 Å². The van der Waals surface area contributed by atoms with Gasteiger partial charge in [-0.1, -0.05) is 0 Å². The van der Waals surface area contributed by atoms with Gasteiger partial charge in [0.1, 0.15) is 0 Å². The number of benzene rings is 1. The highest BCUT2D eigenvalue weighted by atomic mass is 19.4. The van der Waals surface area contributed by atoms with E-state index in [1.54, 1.807) is 6.92 Å². The van der Waals surface area contributed by atoms with Crippen molar-refractivity contribution < 1.29 is 22.8 Å². The lowest BCUT2D eigenvalue weighted by Crippen LogP contribution is -2.52. The number of nitrogens with one attached hydrogen (secondary N) is 1. The number of rotatable bonds is 1. The third-order valence-corrected chi connectivity index (χ3v) is 3.46. The van der Waals surface area contributed by atoms with Crippen LogP contribution in [0.25, 0.3) is 0 Å². The van der Waals surface area contributed by atoms with Gasteiger partial charge in [-0.3, -0.25) is 10.2 Å². The molecule has 1 fully saturated rings. The number of halogens is 3. The fraction of sp³-hybridized carbons (Fsp3) is 0.286. The molecule has 9 heteroatoms. The van der Waals surface area contributed by atoms with Crippen molar-refractivity contribution in [2.45, 2.75) is 26.1 Å². The number of carbonyl (C=O) groups excluding carboxylic acids is 2. The molecule has 2 rings (SSSR count). The standard InChI is InChI=1S/C14H14F3N4O2/c1-3-11-8(2)20(13(23)19-18)21(12(11)22)10-6-4-9(5-7-10)14(15,16)17/h4-8H,18H2,1-2H3,(H,19,23). The van der Waals surface area contributed by atoms with E-state index in [0.717, 1.165) is 34.3 Å². The maximum atomic E-state index is 12.6. The number of alkyl halides is 3. The van der Waals surface area contributed by atoms with Crippen molar-refractivity contribution >= 4 is 17.6 Å². The van der Waals surface area contributed by atoms with Gasteiger partial charge in [0.2, 0.25) is 0 Å². The van der Waals surface area contributed by atoms with Crippen molar-refractivity contribution in [2.24, 2.45) is 5.84 Å². The van der Waals surface area contributed by atoms with Gasteiger partial charge < -0.3 is 0 Å². The first-order valence-corrected chi connectivity index (χ1v) is 6.58. The molecule has 0 spiro atoms. The minimum Gasteiger partial charge on any atom is -0.274 e. The molecule has 0 aromatic heterocycles. The molecule has 6 nitrogen and oxygen atoms in total. The van der Waals surface area contributed by atoms with Gasteiger partial charge in [0.25, 0.3) is 5.91 Å². The van der Waals surface area contributed by atoms with E-state index in [0.29, 0.717) is 0 Å². The van der Waals surface area contributed by atoms with Crippen LogP contribution in [-0.2, 0) is 11.0 Å². The summed E-state index contributed by atoms with van der Waals surface area (Å²) in [6, 6.07) is 2.48. The molecule has 1 aromatic carbocycles. The van der Waals surface area contributed by atoms with Crippen LogP contribution in [-0.4, -0.2) is 23.0 Å². The second-order valence-corrected chi connectivity index (χ2v) is 4.80. The van der Waals surface area contributed by atoms with E-state index >= 15 is 0 Å². The molecule has 123 valence electrons. The van der Waals surface area contributed by atoms with E-state index in [2.05, 4.69) is 6.08 Å². The Kier molecular flexibility index (Phi) is 4.33. The van der Waals surface area contributed by atoms with Crippen LogP contribution >= 0.6 is 0 Å². The van der Waals surface area contributed by atoms with Gasteiger partial charge in [0.15, 0.2) is 0 Å². The maximum Gasteiger partial charge on any atom is 0.416 e. The Bertz CT molecular complexity index is 655. The lowest BCUT2D eigenvalue weighted by atomic mass is 10.1. The highest BCUT2D eigenvalue weighted by Gasteiger charge is 2.43. The predicted octanol–water partition coefficient (Wildman–Crippen LogP) is 1.99. The number of anilines is 1. The number of hydrogen-bond donors (Lipinski definition) is 2. The topological polar surface area (TPSA) is 78.7 Å². The van der Waals surface area contributed by atoms with Crippen LogP contribution < -0.4 is 16.3 Å². The summed E-state index contributed by atoms with van der Waals surface area (Å²) in [5.41, 5.74) is 1.39. The second-order valence-electron chi connectivity index (χ2n) is 4.80. The minimum absolute atomic E-state index is 0.115. The van der Waals surface area contributed by atoms with Gasteiger partial charge >= 0.3 is 12.2 Å². The molecule has 1 aromatic rings. The van der Waals surface area contributed by atoms with E-state index in [4.69, 9.17) is 5.84 Å². The molecule has 3 amide bonds. The molecule has 1 atom stereocenters. The molecular weight excluding hydrogens is 313 g/mol. The molecule has 0 bridgehead atoms. The molecule has 0 aliphatic carbocycles. The summed E-state index contributed by atoms with van der Waals surface area (Å²) < 4.78 is 37.9. The largest absolute Gasteiger partial charge is 0.416 e. The number of nitrogens with zero attached hydrogens (tertiary/aromatic N) is 2. The Labute approximate surface area is 130 Å². The molecule has 0 saturated carbocycles. The summed E-state index contributed by atoms with van der Waals surface area (Å²) in [5.74, 6) is 4.56. The molecule has 1 aliphatic heterocycles. The first kappa shape index (κ1) is 16.8. The molecular formula is C14H14F3N4O2. The number of urea groups is 1. The van der Waals surface area contributed by atoms with Crippen LogP contribution in [0.3, 0.4) is 0 Å². The van der Waals surface area contributed by atoms with Crippen molar-refractivity contribution in [3.63, 3.8) is 0 Å². The zero-order chi connectivity index (χ0) is 17.4. The lowest BCUT2D eigenvalue weighted by molar-refractivity contribution is -0.137. The highest BCUT2D eigenvalue weighted by molar-refractivity contribution is 6.10. The quantitative estimate of drug-likeness (QED) is 0.358.